The largest absolute Gasteiger partial charge is 0.316 e. The Balaban J connectivity index is 1.74. The quantitative estimate of drug-likeness (QED) is 0.391. The van der Waals surface area contributed by atoms with Crippen LogP contribution in [0.1, 0.15) is 63.5 Å². The van der Waals surface area contributed by atoms with E-state index in [-0.39, 0.29) is 0 Å². The second-order valence-electron chi connectivity index (χ2n) is 8.76. The van der Waals surface area contributed by atoms with Crippen molar-refractivity contribution in [1.82, 2.24) is 10.2 Å². The van der Waals surface area contributed by atoms with Crippen LogP contribution in [-0.4, -0.2) is 34.5 Å². The van der Waals surface area contributed by atoms with Gasteiger partial charge in [0.2, 0.25) is 0 Å². The summed E-state index contributed by atoms with van der Waals surface area (Å²) < 4.78 is 0. The minimum atomic E-state index is 0.515. The molecule has 0 aromatic heterocycles. The highest BCUT2D eigenvalue weighted by molar-refractivity contribution is 8.00. The van der Waals surface area contributed by atoms with Gasteiger partial charge in [-0.25, -0.2) is 0 Å². The van der Waals surface area contributed by atoms with Gasteiger partial charge in [0.05, 0.1) is 0 Å². The Morgan fingerprint density at radius 2 is 1.47 bits per heavy atom. The van der Waals surface area contributed by atoms with Crippen LogP contribution >= 0.6 is 11.8 Å². The topological polar surface area (TPSA) is 15.3 Å². The van der Waals surface area contributed by atoms with Crippen LogP contribution < -0.4 is 5.32 Å². The van der Waals surface area contributed by atoms with Crippen LogP contribution in [-0.2, 0) is 13.1 Å². The van der Waals surface area contributed by atoms with E-state index < -0.39 is 0 Å². The first kappa shape index (κ1) is 23.4. The monoisotopic (exact) mass is 424 g/mol. The van der Waals surface area contributed by atoms with Crippen molar-refractivity contribution < 1.29 is 0 Å². The van der Waals surface area contributed by atoms with Gasteiger partial charge in [0.1, 0.15) is 0 Å². The Morgan fingerprint density at radius 1 is 0.900 bits per heavy atom. The third-order valence-electron chi connectivity index (χ3n) is 6.26. The maximum Gasteiger partial charge on any atom is 0.0328 e. The SMILES string of the molecule is CCCNC[C@H](SC1CCCCC1)[C@H](C)N(Cc1ccccc1)Cc1ccccc1. The molecule has 0 bridgehead atoms. The van der Waals surface area contributed by atoms with Gasteiger partial charge in [0.15, 0.2) is 0 Å². The highest BCUT2D eigenvalue weighted by Gasteiger charge is 2.28. The molecule has 2 aromatic carbocycles. The summed E-state index contributed by atoms with van der Waals surface area (Å²) in [5, 5.41) is 5.20. The number of hydrogen-bond acceptors (Lipinski definition) is 3. The van der Waals surface area contributed by atoms with Crippen molar-refractivity contribution in [2.45, 2.75) is 82.0 Å². The predicted octanol–water partition coefficient (Wildman–Crippen LogP) is 6.51. The van der Waals surface area contributed by atoms with Crippen LogP contribution in [0.3, 0.4) is 0 Å². The molecule has 1 fully saturated rings. The summed E-state index contributed by atoms with van der Waals surface area (Å²) in [5.74, 6) is 0. The van der Waals surface area contributed by atoms with Crippen LogP contribution in [0.25, 0.3) is 0 Å². The van der Waals surface area contributed by atoms with Crippen LogP contribution in [0.15, 0.2) is 60.7 Å². The Bertz CT molecular complexity index is 643. The first-order chi connectivity index (χ1) is 14.8. The van der Waals surface area contributed by atoms with E-state index in [0.717, 1.165) is 31.4 Å². The van der Waals surface area contributed by atoms with Crippen molar-refractivity contribution >= 4 is 11.8 Å². The zero-order chi connectivity index (χ0) is 21.0. The molecule has 0 spiro atoms. The van der Waals surface area contributed by atoms with Crippen molar-refractivity contribution in [2.24, 2.45) is 0 Å². The standard InChI is InChI=1S/C27H40N2S/c1-3-19-28-20-27(30-26-17-11-6-12-18-26)23(2)29(21-24-13-7-4-8-14-24)22-25-15-9-5-10-16-25/h4-5,7-10,13-16,23,26-28H,3,6,11-12,17-22H2,1-2H3/t23-,27-/m0/s1. The van der Waals surface area contributed by atoms with E-state index in [1.807, 2.05) is 0 Å². The summed E-state index contributed by atoms with van der Waals surface area (Å²) in [6.07, 6.45) is 8.27. The molecule has 2 nitrogen and oxygen atoms in total. The maximum atomic E-state index is 3.74. The van der Waals surface area contributed by atoms with Crippen LogP contribution in [0.2, 0.25) is 0 Å². The lowest BCUT2D eigenvalue weighted by Gasteiger charge is -2.37. The van der Waals surface area contributed by atoms with Crippen LogP contribution in [0, 0.1) is 0 Å². The fraction of sp³-hybridized carbons (Fsp3) is 0.556. The second kappa shape index (κ2) is 13.2. The van der Waals surface area contributed by atoms with E-state index in [0.29, 0.717) is 11.3 Å². The van der Waals surface area contributed by atoms with Gasteiger partial charge in [-0.05, 0) is 43.9 Å². The molecule has 30 heavy (non-hydrogen) atoms. The number of thioether (sulfide) groups is 1. The Morgan fingerprint density at radius 3 is 2.00 bits per heavy atom. The second-order valence-corrected chi connectivity index (χ2v) is 10.3. The van der Waals surface area contributed by atoms with Gasteiger partial charge < -0.3 is 5.32 Å². The van der Waals surface area contributed by atoms with Gasteiger partial charge in [-0.1, -0.05) is 86.8 Å². The number of rotatable bonds is 12. The predicted molar refractivity (Wildman–Crippen MR) is 133 cm³/mol. The van der Waals surface area contributed by atoms with Gasteiger partial charge in [-0.15, -0.1) is 0 Å². The number of nitrogens with one attached hydrogen (secondary N) is 1. The van der Waals surface area contributed by atoms with Gasteiger partial charge in [0, 0.05) is 36.2 Å². The summed E-state index contributed by atoms with van der Waals surface area (Å²) in [5.41, 5.74) is 2.81. The van der Waals surface area contributed by atoms with E-state index in [4.69, 9.17) is 0 Å². The third kappa shape index (κ3) is 7.76. The Hall–Kier alpha value is -1.29. The lowest BCUT2D eigenvalue weighted by Crippen LogP contribution is -2.44. The van der Waals surface area contributed by atoms with Crippen LogP contribution in [0.4, 0.5) is 0 Å². The highest BCUT2D eigenvalue weighted by Crippen LogP contribution is 2.34. The minimum absolute atomic E-state index is 0.515. The molecule has 3 heteroatoms. The molecule has 2 aromatic rings. The molecule has 164 valence electrons. The molecule has 1 aliphatic rings. The van der Waals surface area contributed by atoms with Crippen molar-refractivity contribution in [3.63, 3.8) is 0 Å². The normalized spacial score (nSPS) is 17.2. The van der Waals surface area contributed by atoms with Crippen molar-refractivity contribution in [2.75, 3.05) is 13.1 Å². The average Bonchev–Trinajstić information content (AvgIpc) is 2.80. The fourth-order valence-electron chi connectivity index (χ4n) is 4.42. The fourth-order valence-corrected chi connectivity index (χ4v) is 6.13. The summed E-state index contributed by atoms with van der Waals surface area (Å²) >= 11 is 2.27. The molecule has 1 saturated carbocycles. The summed E-state index contributed by atoms with van der Waals surface area (Å²) in [6, 6.07) is 22.5. The van der Waals surface area contributed by atoms with Crippen molar-refractivity contribution in [3.05, 3.63) is 71.8 Å². The van der Waals surface area contributed by atoms with E-state index in [1.165, 1.54) is 49.7 Å². The Labute approximate surface area is 188 Å². The summed E-state index contributed by atoms with van der Waals surface area (Å²) in [6.45, 7) is 8.96. The molecule has 0 saturated heterocycles. The van der Waals surface area contributed by atoms with Crippen molar-refractivity contribution in [3.8, 4) is 0 Å². The number of hydrogen-bond donors (Lipinski definition) is 1. The van der Waals surface area contributed by atoms with Crippen LogP contribution in [0.5, 0.6) is 0 Å². The first-order valence-electron chi connectivity index (χ1n) is 11.9. The lowest BCUT2D eigenvalue weighted by atomic mass is 10.0. The van der Waals surface area contributed by atoms with E-state index in [1.54, 1.807) is 0 Å². The lowest BCUT2D eigenvalue weighted by molar-refractivity contribution is 0.185. The molecule has 2 atom stereocenters. The molecule has 1 N–H and O–H groups in total. The summed E-state index contributed by atoms with van der Waals surface area (Å²) in [4.78, 5) is 2.69. The maximum absolute atomic E-state index is 3.74. The van der Waals surface area contributed by atoms with Gasteiger partial charge in [0.25, 0.3) is 0 Å². The van der Waals surface area contributed by atoms with Gasteiger partial charge >= 0.3 is 0 Å². The molecule has 0 radical (unpaired) electrons. The third-order valence-corrected chi connectivity index (χ3v) is 8.03. The molecular weight excluding hydrogens is 384 g/mol. The molecule has 0 unspecified atom stereocenters. The van der Waals surface area contributed by atoms with E-state index >= 15 is 0 Å². The highest BCUT2D eigenvalue weighted by atomic mass is 32.2. The number of benzene rings is 2. The molecule has 0 amide bonds. The molecular formula is C27H40N2S. The summed E-state index contributed by atoms with van der Waals surface area (Å²) in [7, 11) is 0. The van der Waals surface area contributed by atoms with E-state index in [9.17, 15) is 0 Å². The first-order valence-corrected chi connectivity index (χ1v) is 12.9. The van der Waals surface area contributed by atoms with Gasteiger partial charge in [-0.3, -0.25) is 4.90 Å². The van der Waals surface area contributed by atoms with E-state index in [2.05, 4.69) is 96.5 Å². The number of nitrogens with zero attached hydrogens (tertiary/aromatic N) is 1. The Kier molecular flexibility index (Phi) is 10.3. The smallest absolute Gasteiger partial charge is 0.0328 e. The molecule has 3 rings (SSSR count). The van der Waals surface area contributed by atoms with Gasteiger partial charge in [-0.2, -0.15) is 11.8 Å². The molecule has 1 aliphatic carbocycles. The zero-order valence-electron chi connectivity index (χ0n) is 18.9. The zero-order valence-corrected chi connectivity index (χ0v) is 19.7. The molecule has 0 aliphatic heterocycles. The average molecular weight is 425 g/mol. The van der Waals surface area contributed by atoms with Crippen molar-refractivity contribution in [1.29, 1.82) is 0 Å². The molecule has 0 heterocycles. The minimum Gasteiger partial charge on any atom is -0.316 e.